The maximum atomic E-state index is 13.2. The van der Waals surface area contributed by atoms with Gasteiger partial charge in [-0.15, -0.1) is 0 Å². The molecule has 0 aliphatic heterocycles. The Morgan fingerprint density at radius 2 is 2.12 bits per heavy atom. The standard InChI is InChI=1S/C19H19FN2O3/c1-3-8-22-9-7-15-17(19(22)24)16(12(2)25-15)18(23)21-11-13-5-4-6-14(20)10-13/h4-7,9-10H,3,8,11H2,1-2H3,(H,21,23). The van der Waals surface area contributed by atoms with E-state index in [9.17, 15) is 14.0 Å². The molecular formula is C19H19FN2O3. The van der Waals surface area contributed by atoms with E-state index in [4.69, 9.17) is 4.42 Å². The van der Waals surface area contributed by atoms with E-state index in [1.807, 2.05) is 6.92 Å². The number of nitrogens with zero attached hydrogens (tertiary/aromatic N) is 1. The molecule has 2 aromatic heterocycles. The Morgan fingerprint density at radius 1 is 1.32 bits per heavy atom. The Labute approximate surface area is 144 Å². The predicted octanol–water partition coefficient (Wildman–Crippen LogP) is 3.38. The Morgan fingerprint density at radius 3 is 2.84 bits per heavy atom. The van der Waals surface area contributed by atoms with Crippen LogP contribution in [0.5, 0.6) is 0 Å². The van der Waals surface area contributed by atoms with E-state index < -0.39 is 5.91 Å². The van der Waals surface area contributed by atoms with Crippen LogP contribution in [0, 0.1) is 12.7 Å². The van der Waals surface area contributed by atoms with Crippen molar-refractivity contribution >= 4 is 16.9 Å². The van der Waals surface area contributed by atoms with Crippen molar-refractivity contribution in [2.75, 3.05) is 0 Å². The zero-order valence-corrected chi connectivity index (χ0v) is 14.1. The quantitative estimate of drug-likeness (QED) is 0.773. The van der Waals surface area contributed by atoms with E-state index in [0.29, 0.717) is 23.5 Å². The van der Waals surface area contributed by atoms with Crippen molar-refractivity contribution in [3.05, 3.63) is 69.6 Å². The molecule has 0 spiro atoms. The first-order valence-corrected chi connectivity index (χ1v) is 8.16. The van der Waals surface area contributed by atoms with Crippen LogP contribution in [0.1, 0.15) is 35.0 Å². The molecule has 0 saturated heterocycles. The fraction of sp³-hybridized carbons (Fsp3) is 0.263. The Bertz CT molecular complexity index is 988. The van der Waals surface area contributed by atoms with E-state index in [-0.39, 0.29) is 28.9 Å². The number of fused-ring (bicyclic) bond motifs is 1. The number of furan rings is 1. The summed E-state index contributed by atoms with van der Waals surface area (Å²) in [5, 5.41) is 3.01. The number of carbonyl (C=O) groups excluding carboxylic acids is 1. The molecule has 0 saturated carbocycles. The normalized spacial score (nSPS) is 11.0. The molecule has 0 radical (unpaired) electrons. The first kappa shape index (κ1) is 17.0. The summed E-state index contributed by atoms with van der Waals surface area (Å²) in [6.07, 6.45) is 2.48. The number of hydrogen-bond acceptors (Lipinski definition) is 3. The molecule has 1 aromatic carbocycles. The summed E-state index contributed by atoms with van der Waals surface area (Å²) in [6, 6.07) is 7.70. The van der Waals surface area contributed by atoms with Crippen molar-refractivity contribution in [2.45, 2.75) is 33.4 Å². The van der Waals surface area contributed by atoms with Gasteiger partial charge < -0.3 is 14.3 Å². The molecule has 130 valence electrons. The Balaban J connectivity index is 1.94. The molecule has 3 aromatic rings. The fourth-order valence-corrected chi connectivity index (χ4v) is 2.87. The minimum Gasteiger partial charge on any atom is -0.460 e. The fourth-order valence-electron chi connectivity index (χ4n) is 2.87. The molecule has 1 amide bonds. The predicted molar refractivity (Wildman–Crippen MR) is 93.1 cm³/mol. The third-order valence-corrected chi connectivity index (χ3v) is 4.03. The zero-order chi connectivity index (χ0) is 18.0. The van der Waals surface area contributed by atoms with Crippen molar-refractivity contribution in [3.8, 4) is 0 Å². The number of aryl methyl sites for hydroxylation is 2. The van der Waals surface area contributed by atoms with Gasteiger partial charge in [0.1, 0.15) is 17.2 Å². The average molecular weight is 342 g/mol. The number of hydrogen-bond donors (Lipinski definition) is 1. The molecule has 25 heavy (non-hydrogen) atoms. The van der Waals surface area contributed by atoms with Gasteiger partial charge in [-0.3, -0.25) is 9.59 Å². The van der Waals surface area contributed by atoms with Crippen LogP contribution in [-0.4, -0.2) is 10.5 Å². The van der Waals surface area contributed by atoms with Gasteiger partial charge in [-0.1, -0.05) is 19.1 Å². The third-order valence-electron chi connectivity index (χ3n) is 4.03. The van der Waals surface area contributed by atoms with Gasteiger partial charge in [-0.25, -0.2) is 4.39 Å². The maximum absolute atomic E-state index is 13.2. The minimum atomic E-state index is -0.410. The van der Waals surface area contributed by atoms with Crippen molar-refractivity contribution in [1.82, 2.24) is 9.88 Å². The number of benzene rings is 1. The van der Waals surface area contributed by atoms with Gasteiger partial charge in [0.15, 0.2) is 0 Å². The average Bonchev–Trinajstić information content (AvgIpc) is 2.92. The highest BCUT2D eigenvalue weighted by atomic mass is 19.1. The molecule has 6 heteroatoms. The summed E-state index contributed by atoms with van der Waals surface area (Å²) in [5.74, 6) is -0.385. The molecule has 0 atom stereocenters. The number of nitrogens with one attached hydrogen (secondary N) is 1. The summed E-state index contributed by atoms with van der Waals surface area (Å²) >= 11 is 0. The molecule has 0 unspecified atom stereocenters. The van der Waals surface area contributed by atoms with E-state index in [1.54, 1.807) is 35.9 Å². The zero-order valence-electron chi connectivity index (χ0n) is 14.1. The smallest absolute Gasteiger partial charge is 0.262 e. The van der Waals surface area contributed by atoms with E-state index in [0.717, 1.165) is 6.42 Å². The van der Waals surface area contributed by atoms with Gasteiger partial charge in [0.25, 0.3) is 11.5 Å². The van der Waals surface area contributed by atoms with Crippen LogP contribution in [0.2, 0.25) is 0 Å². The largest absolute Gasteiger partial charge is 0.460 e. The van der Waals surface area contributed by atoms with Crippen LogP contribution in [0.15, 0.2) is 45.7 Å². The summed E-state index contributed by atoms with van der Waals surface area (Å²) < 4.78 is 20.4. The van der Waals surface area contributed by atoms with Gasteiger partial charge in [0.2, 0.25) is 0 Å². The second kappa shape index (κ2) is 6.93. The number of aromatic nitrogens is 1. The van der Waals surface area contributed by atoms with Crippen molar-refractivity contribution in [3.63, 3.8) is 0 Å². The molecule has 5 nitrogen and oxygen atoms in total. The highest BCUT2D eigenvalue weighted by Gasteiger charge is 2.21. The van der Waals surface area contributed by atoms with Gasteiger partial charge >= 0.3 is 0 Å². The van der Waals surface area contributed by atoms with E-state index in [1.165, 1.54) is 12.1 Å². The van der Waals surface area contributed by atoms with E-state index >= 15 is 0 Å². The molecule has 0 aliphatic rings. The van der Waals surface area contributed by atoms with Crippen molar-refractivity contribution in [2.24, 2.45) is 0 Å². The van der Waals surface area contributed by atoms with Gasteiger partial charge in [-0.2, -0.15) is 0 Å². The summed E-state index contributed by atoms with van der Waals surface area (Å²) in [4.78, 5) is 25.3. The summed E-state index contributed by atoms with van der Waals surface area (Å²) in [5.41, 5.74) is 1.03. The second-order valence-corrected chi connectivity index (χ2v) is 5.90. The van der Waals surface area contributed by atoms with Crippen LogP contribution in [0.25, 0.3) is 11.0 Å². The van der Waals surface area contributed by atoms with Crippen LogP contribution in [-0.2, 0) is 13.1 Å². The van der Waals surface area contributed by atoms with Gasteiger partial charge in [0, 0.05) is 19.3 Å². The van der Waals surface area contributed by atoms with Gasteiger partial charge in [-0.05, 0) is 37.1 Å². The monoisotopic (exact) mass is 342 g/mol. The Kier molecular flexibility index (Phi) is 4.70. The van der Waals surface area contributed by atoms with Crippen molar-refractivity contribution < 1.29 is 13.6 Å². The SMILES string of the molecule is CCCn1ccc2oc(C)c(C(=O)NCc3cccc(F)c3)c2c1=O. The number of halogens is 1. The van der Waals surface area contributed by atoms with Crippen LogP contribution in [0.4, 0.5) is 4.39 Å². The highest BCUT2D eigenvalue weighted by molar-refractivity contribution is 6.06. The van der Waals surface area contributed by atoms with Crippen LogP contribution < -0.4 is 10.9 Å². The number of pyridine rings is 1. The maximum Gasteiger partial charge on any atom is 0.262 e. The Hall–Kier alpha value is -2.89. The lowest BCUT2D eigenvalue weighted by Gasteiger charge is -2.06. The number of amides is 1. The minimum absolute atomic E-state index is 0.165. The molecule has 3 rings (SSSR count). The first-order valence-electron chi connectivity index (χ1n) is 8.16. The number of rotatable bonds is 5. The molecule has 1 N–H and O–H groups in total. The lowest BCUT2D eigenvalue weighted by atomic mass is 10.1. The van der Waals surface area contributed by atoms with E-state index in [2.05, 4.69) is 5.32 Å². The van der Waals surface area contributed by atoms with Crippen LogP contribution in [0.3, 0.4) is 0 Å². The van der Waals surface area contributed by atoms with Crippen LogP contribution >= 0.6 is 0 Å². The number of carbonyl (C=O) groups is 1. The summed E-state index contributed by atoms with van der Waals surface area (Å²) in [6.45, 7) is 4.37. The molecule has 0 bridgehead atoms. The lowest BCUT2D eigenvalue weighted by Crippen LogP contribution is -2.26. The molecular weight excluding hydrogens is 323 g/mol. The lowest BCUT2D eigenvalue weighted by molar-refractivity contribution is 0.0950. The topological polar surface area (TPSA) is 64.2 Å². The summed E-state index contributed by atoms with van der Waals surface area (Å²) in [7, 11) is 0. The molecule has 2 heterocycles. The second-order valence-electron chi connectivity index (χ2n) is 5.90. The highest BCUT2D eigenvalue weighted by Crippen LogP contribution is 2.22. The van der Waals surface area contributed by atoms with Gasteiger partial charge in [0.05, 0.1) is 10.9 Å². The first-order chi connectivity index (χ1) is 12.0. The molecule has 0 fully saturated rings. The third kappa shape index (κ3) is 3.33. The molecule has 0 aliphatic carbocycles. The van der Waals surface area contributed by atoms with Crippen molar-refractivity contribution in [1.29, 1.82) is 0 Å².